The van der Waals surface area contributed by atoms with Crippen molar-refractivity contribution >= 4 is 17.4 Å². The molecule has 6 heteroatoms. The molecule has 1 atom stereocenters. The van der Waals surface area contributed by atoms with E-state index in [1.165, 1.54) is 0 Å². The average molecular weight is 301 g/mol. The third-order valence-electron chi connectivity index (χ3n) is 3.37. The molecule has 5 nitrogen and oxygen atoms in total. The van der Waals surface area contributed by atoms with E-state index < -0.39 is 0 Å². The molecule has 0 spiro atoms. The fourth-order valence-electron chi connectivity index (χ4n) is 2.31. The van der Waals surface area contributed by atoms with Crippen molar-refractivity contribution in [2.45, 2.75) is 12.5 Å². The smallest absolute Gasteiger partial charge is 0.141 e. The summed E-state index contributed by atoms with van der Waals surface area (Å²) >= 11 is 6.05. The third kappa shape index (κ3) is 3.06. The molecular formula is C15H13ClN4O. The fraction of sp³-hybridized carbons (Fsp3) is 0.267. The molecule has 2 aromatic heterocycles. The molecule has 2 aromatic rings. The molecule has 1 aliphatic heterocycles. The summed E-state index contributed by atoms with van der Waals surface area (Å²) in [6, 6.07) is 7.47. The summed E-state index contributed by atoms with van der Waals surface area (Å²) in [6.45, 7) is 1.61. The Bertz CT molecular complexity index is 668. The van der Waals surface area contributed by atoms with Crippen LogP contribution in [0.2, 0.25) is 5.02 Å². The Hall–Kier alpha value is -2.32. The van der Waals surface area contributed by atoms with E-state index in [2.05, 4.69) is 20.9 Å². The van der Waals surface area contributed by atoms with Crippen molar-refractivity contribution in [3.05, 3.63) is 47.4 Å². The minimum absolute atomic E-state index is 0.0716. The second-order valence-corrected chi connectivity index (χ2v) is 5.20. The summed E-state index contributed by atoms with van der Waals surface area (Å²) in [5.41, 5.74) is 0.564. The van der Waals surface area contributed by atoms with Gasteiger partial charge >= 0.3 is 0 Å². The summed E-state index contributed by atoms with van der Waals surface area (Å²) in [5.74, 6) is 1.52. The first-order valence-electron chi connectivity index (χ1n) is 6.63. The van der Waals surface area contributed by atoms with E-state index in [0.29, 0.717) is 16.3 Å². The minimum atomic E-state index is 0.0716. The van der Waals surface area contributed by atoms with Crippen molar-refractivity contribution in [2.75, 3.05) is 18.0 Å². The van der Waals surface area contributed by atoms with Crippen molar-refractivity contribution in [3.8, 4) is 11.8 Å². The molecular weight excluding hydrogens is 288 g/mol. The molecule has 1 fully saturated rings. The van der Waals surface area contributed by atoms with Crippen LogP contribution < -0.4 is 9.64 Å². The van der Waals surface area contributed by atoms with Gasteiger partial charge in [0.25, 0.3) is 0 Å². The van der Waals surface area contributed by atoms with Crippen LogP contribution in [0.4, 0.5) is 5.82 Å². The molecule has 21 heavy (non-hydrogen) atoms. The molecule has 0 amide bonds. The highest BCUT2D eigenvalue weighted by Crippen LogP contribution is 2.27. The van der Waals surface area contributed by atoms with E-state index in [-0.39, 0.29) is 6.10 Å². The molecule has 3 heterocycles. The van der Waals surface area contributed by atoms with Gasteiger partial charge in [-0.1, -0.05) is 11.6 Å². The molecule has 106 valence electrons. The number of aromatic nitrogens is 2. The van der Waals surface area contributed by atoms with Crippen LogP contribution in [0.5, 0.6) is 5.75 Å². The van der Waals surface area contributed by atoms with E-state index in [1.807, 2.05) is 6.07 Å². The van der Waals surface area contributed by atoms with Crippen LogP contribution in [-0.2, 0) is 0 Å². The van der Waals surface area contributed by atoms with Crippen molar-refractivity contribution in [3.63, 3.8) is 0 Å². The zero-order valence-corrected chi connectivity index (χ0v) is 12.0. The third-order valence-corrected chi connectivity index (χ3v) is 3.66. The standard InChI is InChI=1S/C15H13ClN4O/c16-13-9-18-5-3-14(13)21-12-4-6-20(10-12)15-2-1-11(7-17)8-19-15/h1-3,5,8-9,12H,4,6,10H2. The van der Waals surface area contributed by atoms with Crippen molar-refractivity contribution < 1.29 is 4.74 Å². The highest BCUT2D eigenvalue weighted by Gasteiger charge is 2.25. The van der Waals surface area contributed by atoms with Crippen LogP contribution in [0, 0.1) is 11.3 Å². The lowest BCUT2D eigenvalue weighted by molar-refractivity contribution is 0.225. The van der Waals surface area contributed by atoms with E-state index in [4.69, 9.17) is 21.6 Å². The van der Waals surface area contributed by atoms with E-state index >= 15 is 0 Å². The predicted molar refractivity (Wildman–Crippen MR) is 79.4 cm³/mol. The zero-order valence-electron chi connectivity index (χ0n) is 11.2. The number of nitriles is 1. The quantitative estimate of drug-likeness (QED) is 0.872. The van der Waals surface area contributed by atoms with E-state index in [1.54, 1.807) is 30.7 Å². The summed E-state index contributed by atoms with van der Waals surface area (Å²) in [4.78, 5) is 10.4. The van der Waals surface area contributed by atoms with Crippen molar-refractivity contribution in [1.29, 1.82) is 5.26 Å². The molecule has 1 unspecified atom stereocenters. The van der Waals surface area contributed by atoms with Gasteiger partial charge in [0.05, 0.1) is 12.1 Å². The van der Waals surface area contributed by atoms with Gasteiger partial charge in [-0.05, 0) is 12.1 Å². The summed E-state index contributed by atoms with van der Waals surface area (Å²) in [5, 5.41) is 9.31. The molecule has 0 N–H and O–H groups in total. The highest BCUT2D eigenvalue weighted by atomic mass is 35.5. The summed E-state index contributed by atoms with van der Waals surface area (Å²) in [6.07, 6.45) is 5.80. The normalized spacial score (nSPS) is 17.5. The second-order valence-electron chi connectivity index (χ2n) is 4.80. The lowest BCUT2D eigenvalue weighted by Crippen LogP contribution is -2.25. The lowest BCUT2D eigenvalue weighted by atomic mass is 10.3. The molecule has 0 radical (unpaired) electrons. The first-order chi connectivity index (χ1) is 10.3. The Balaban J connectivity index is 1.65. The zero-order chi connectivity index (χ0) is 14.7. The Kier molecular flexibility index (Phi) is 3.89. The largest absolute Gasteiger partial charge is 0.487 e. The minimum Gasteiger partial charge on any atom is -0.487 e. The number of hydrogen-bond acceptors (Lipinski definition) is 5. The number of rotatable bonds is 3. The maximum Gasteiger partial charge on any atom is 0.141 e. The Morgan fingerprint density at radius 1 is 1.33 bits per heavy atom. The first kappa shape index (κ1) is 13.7. The number of ether oxygens (including phenoxy) is 1. The van der Waals surface area contributed by atoms with Gasteiger partial charge in [0.15, 0.2) is 0 Å². The van der Waals surface area contributed by atoms with Gasteiger partial charge in [-0.25, -0.2) is 4.98 Å². The highest BCUT2D eigenvalue weighted by molar-refractivity contribution is 6.31. The molecule has 0 aromatic carbocycles. The molecule has 1 saturated heterocycles. The van der Waals surface area contributed by atoms with Crippen LogP contribution in [0.25, 0.3) is 0 Å². The van der Waals surface area contributed by atoms with Crippen LogP contribution in [0.3, 0.4) is 0 Å². The van der Waals surface area contributed by atoms with Gasteiger partial charge < -0.3 is 9.64 Å². The predicted octanol–water partition coefficient (Wildman–Crippen LogP) is 2.66. The summed E-state index contributed by atoms with van der Waals surface area (Å²) < 4.78 is 5.91. The van der Waals surface area contributed by atoms with Crippen LogP contribution in [-0.4, -0.2) is 29.2 Å². The van der Waals surface area contributed by atoms with Crippen LogP contribution in [0.1, 0.15) is 12.0 Å². The van der Waals surface area contributed by atoms with Crippen LogP contribution in [0.15, 0.2) is 36.8 Å². The topological polar surface area (TPSA) is 62.0 Å². The maximum absolute atomic E-state index is 8.78. The Morgan fingerprint density at radius 3 is 2.95 bits per heavy atom. The lowest BCUT2D eigenvalue weighted by Gasteiger charge is -2.18. The number of hydrogen-bond donors (Lipinski definition) is 0. The number of anilines is 1. The Morgan fingerprint density at radius 2 is 2.24 bits per heavy atom. The first-order valence-corrected chi connectivity index (χ1v) is 7.01. The SMILES string of the molecule is N#Cc1ccc(N2CCC(Oc3ccncc3Cl)C2)nc1. The van der Waals surface area contributed by atoms with Gasteiger partial charge in [0.1, 0.15) is 28.8 Å². The average Bonchev–Trinajstić information content (AvgIpc) is 2.98. The summed E-state index contributed by atoms with van der Waals surface area (Å²) in [7, 11) is 0. The second kappa shape index (κ2) is 5.98. The molecule has 3 rings (SSSR count). The number of nitrogens with zero attached hydrogens (tertiary/aromatic N) is 4. The molecule has 1 aliphatic rings. The van der Waals surface area contributed by atoms with E-state index in [0.717, 1.165) is 25.3 Å². The van der Waals surface area contributed by atoms with Crippen molar-refractivity contribution in [2.24, 2.45) is 0 Å². The van der Waals surface area contributed by atoms with Crippen LogP contribution >= 0.6 is 11.6 Å². The maximum atomic E-state index is 8.78. The van der Waals surface area contributed by atoms with Gasteiger partial charge in [-0.3, -0.25) is 4.98 Å². The van der Waals surface area contributed by atoms with Crippen molar-refractivity contribution in [1.82, 2.24) is 9.97 Å². The molecule has 0 aliphatic carbocycles. The van der Waals surface area contributed by atoms with Gasteiger partial charge in [-0.15, -0.1) is 0 Å². The molecule has 0 saturated carbocycles. The van der Waals surface area contributed by atoms with Gasteiger partial charge in [0.2, 0.25) is 0 Å². The number of halogens is 1. The van der Waals surface area contributed by atoms with E-state index in [9.17, 15) is 0 Å². The molecule has 0 bridgehead atoms. The number of pyridine rings is 2. The van der Waals surface area contributed by atoms with Gasteiger partial charge in [-0.2, -0.15) is 5.26 Å². The fourth-order valence-corrected chi connectivity index (χ4v) is 2.47. The monoisotopic (exact) mass is 300 g/mol. The van der Waals surface area contributed by atoms with Gasteiger partial charge in [0, 0.05) is 37.6 Å². The Labute approximate surface area is 127 Å².